The fourth-order valence-electron chi connectivity index (χ4n) is 3.34. The van der Waals surface area contributed by atoms with Gasteiger partial charge in [0.2, 0.25) is 0 Å². The molecule has 2 aromatic rings. The molecule has 0 saturated carbocycles. The number of pyridine rings is 1. The Morgan fingerprint density at radius 3 is 2.59 bits per heavy atom. The van der Waals surface area contributed by atoms with E-state index in [0.29, 0.717) is 0 Å². The number of nitrogens with zero attached hydrogens (tertiary/aromatic N) is 3. The Labute approximate surface area is 131 Å². The van der Waals surface area contributed by atoms with Gasteiger partial charge in [-0.25, -0.2) is 4.98 Å². The minimum atomic E-state index is 0.792. The number of aryl methyl sites for hydroxylation is 1. The summed E-state index contributed by atoms with van der Waals surface area (Å²) in [6, 6.07) is 12.8. The zero-order chi connectivity index (χ0) is 14.9. The molecule has 114 valence electrons. The molecule has 2 aliphatic rings. The lowest BCUT2D eigenvalue weighted by Gasteiger charge is -2.29. The van der Waals surface area contributed by atoms with Crippen molar-refractivity contribution in [3.8, 4) is 0 Å². The van der Waals surface area contributed by atoms with Crippen molar-refractivity contribution in [2.24, 2.45) is 0 Å². The van der Waals surface area contributed by atoms with Crippen molar-refractivity contribution in [1.82, 2.24) is 4.98 Å². The number of rotatable bonds is 2. The van der Waals surface area contributed by atoms with Crippen LogP contribution in [0.1, 0.15) is 11.1 Å². The third-order valence-corrected chi connectivity index (χ3v) is 4.56. The maximum absolute atomic E-state index is 5.45. The van der Waals surface area contributed by atoms with Gasteiger partial charge in [0, 0.05) is 25.3 Å². The highest BCUT2D eigenvalue weighted by Gasteiger charge is 2.25. The lowest BCUT2D eigenvalue weighted by molar-refractivity contribution is 0.122. The van der Waals surface area contributed by atoms with Crippen LogP contribution in [0.2, 0.25) is 0 Å². The van der Waals surface area contributed by atoms with Crippen LogP contribution >= 0.6 is 0 Å². The summed E-state index contributed by atoms with van der Waals surface area (Å²) in [4.78, 5) is 9.66. The van der Waals surface area contributed by atoms with Crippen LogP contribution in [0.15, 0.2) is 36.4 Å². The van der Waals surface area contributed by atoms with Crippen LogP contribution in [0.25, 0.3) is 0 Å². The summed E-state index contributed by atoms with van der Waals surface area (Å²) >= 11 is 0. The summed E-state index contributed by atoms with van der Waals surface area (Å²) in [6.45, 7) is 6.66. The van der Waals surface area contributed by atoms with Crippen molar-refractivity contribution in [3.63, 3.8) is 0 Å². The molecule has 1 saturated heterocycles. The molecule has 0 unspecified atom stereocenters. The zero-order valence-electron chi connectivity index (χ0n) is 13.0. The fraction of sp³-hybridized carbons (Fsp3) is 0.389. The molecule has 0 bridgehead atoms. The topological polar surface area (TPSA) is 28.6 Å². The van der Waals surface area contributed by atoms with Gasteiger partial charge in [0.05, 0.1) is 13.2 Å². The summed E-state index contributed by atoms with van der Waals surface area (Å²) < 4.78 is 5.45. The molecule has 2 aliphatic heterocycles. The summed E-state index contributed by atoms with van der Waals surface area (Å²) in [5, 5.41) is 0. The van der Waals surface area contributed by atoms with Crippen molar-refractivity contribution >= 4 is 17.3 Å². The highest BCUT2D eigenvalue weighted by atomic mass is 16.5. The predicted molar refractivity (Wildman–Crippen MR) is 89.2 cm³/mol. The Balaban J connectivity index is 1.73. The highest BCUT2D eigenvalue weighted by molar-refractivity contribution is 5.70. The van der Waals surface area contributed by atoms with Crippen LogP contribution in [0.5, 0.6) is 0 Å². The molecule has 0 radical (unpaired) electrons. The molecule has 4 heteroatoms. The third kappa shape index (κ3) is 2.33. The zero-order valence-corrected chi connectivity index (χ0v) is 13.0. The van der Waals surface area contributed by atoms with Crippen molar-refractivity contribution < 1.29 is 4.74 Å². The quantitative estimate of drug-likeness (QED) is 0.852. The normalized spacial score (nSPS) is 17.7. The fourth-order valence-corrected chi connectivity index (χ4v) is 3.34. The Kier molecular flexibility index (Phi) is 3.47. The molecule has 4 rings (SSSR count). The molecule has 1 fully saturated rings. The Morgan fingerprint density at radius 2 is 1.82 bits per heavy atom. The number of para-hydroxylation sites is 1. The average molecular weight is 295 g/mol. The lowest BCUT2D eigenvalue weighted by atomic mass is 10.1. The van der Waals surface area contributed by atoms with Crippen LogP contribution < -0.4 is 9.80 Å². The summed E-state index contributed by atoms with van der Waals surface area (Å²) in [7, 11) is 0. The lowest BCUT2D eigenvalue weighted by Crippen LogP contribution is -2.37. The monoisotopic (exact) mass is 295 g/mol. The first-order valence-electron chi connectivity index (χ1n) is 7.99. The number of morpholine rings is 1. The van der Waals surface area contributed by atoms with E-state index in [0.717, 1.165) is 50.9 Å². The van der Waals surface area contributed by atoms with Gasteiger partial charge in [0.15, 0.2) is 0 Å². The van der Waals surface area contributed by atoms with Gasteiger partial charge < -0.3 is 14.5 Å². The average Bonchev–Trinajstić information content (AvgIpc) is 3.01. The number of fused-ring (bicyclic) bond motifs is 1. The second-order valence-electron chi connectivity index (χ2n) is 5.94. The van der Waals surface area contributed by atoms with E-state index in [1.165, 1.54) is 16.8 Å². The second kappa shape index (κ2) is 5.61. The predicted octanol–water partition coefficient (Wildman–Crippen LogP) is 2.92. The van der Waals surface area contributed by atoms with Gasteiger partial charge in [-0.1, -0.05) is 18.2 Å². The van der Waals surface area contributed by atoms with E-state index >= 15 is 0 Å². The maximum Gasteiger partial charge on any atom is 0.138 e. The Hall–Kier alpha value is -2.07. The van der Waals surface area contributed by atoms with E-state index in [2.05, 4.69) is 53.1 Å². The van der Waals surface area contributed by atoms with Crippen LogP contribution in [-0.4, -0.2) is 37.8 Å². The number of benzene rings is 1. The van der Waals surface area contributed by atoms with Crippen LogP contribution in [0.4, 0.5) is 17.3 Å². The molecule has 0 amide bonds. The smallest absolute Gasteiger partial charge is 0.138 e. The minimum absolute atomic E-state index is 0.792. The van der Waals surface area contributed by atoms with Crippen molar-refractivity contribution in [3.05, 3.63) is 47.5 Å². The Morgan fingerprint density at radius 1 is 1.05 bits per heavy atom. The van der Waals surface area contributed by atoms with Gasteiger partial charge >= 0.3 is 0 Å². The molecule has 0 aliphatic carbocycles. The van der Waals surface area contributed by atoms with E-state index in [4.69, 9.17) is 9.72 Å². The summed E-state index contributed by atoms with van der Waals surface area (Å²) in [6.07, 6.45) is 1.08. The first-order valence-corrected chi connectivity index (χ1v) is 7.99. The Bertz CT molecular complexity index is 666. The first kappa shape index (κ1) is 13.6. The van der Waals surface area contributed by atoms with Gasteiger partial charge in [-0.3, -0.25) is 0 Å². The number of anilines is 3. The van der Waals surface area contributed by atoms with E-state index in [9.17, 15) is 0 Å². The van der Waals surface area contributed by atoms with Crippen molar-refractivity contribution in [2.75, 3.05) is 42.6 Å². The summed E-state index contributed by atoms with van der Waals surface area (Å²) in [5.41, 5.74) is 3.97. The van der Waals surface area contributed by atoms with E-state index in [1.807, 2.05) is 0 Å². The summed E-state index contributed by atoms with van der Waals surface area (Å²) in [5.74, 6) is 2.22. The molecule has 22 heavy (non-hydrogen) atoms. The molecule has 0 N–H and O–H groups in total. The van der Waals surface area contributed by atoms with Crippen LogP contribution in [0, 0.1) is 6.92 Å². The maximum atomic E-state index is 5.45. The van der Waals surface area contributed by atoms with Gasteiger partial charge in [-0.2, -0.15) is 0 Å². The van der Waals surface area contributed by atoms with Gasteiger partial charge in [-0.15, -0.1) is 0 Å². The molecule has 1 aromatic carbocycles. The van der Waals surface area contributed by atoms with Gasteiger partial charge in [0.25, 0.3) is 0 Å². The highest BCUT2D eigenvalue weighted by Crippen LogP contribution is 2.36. The molecule has 4 nitrogen and oxygen atoms in total. The van der Waals surface area contributed by atoms with Crippen LogP contribution in [-0.2, 0) is 11.2 Å². The number of ether oxygens (including phenoxy) is 1. The van der Waals surface area contributed by atoms with Gasteiger partial charge in [0.1, 0.15) is 11.6 Å². The molecular weight excluding hydrogens is 274 g/mol. The van der Waals surface area contributed by atoms with E-state index in [1.54, 1.807) is 0 Å². The molecule has 0 atom stereocenters. The van der Waals surface area contributed by atoms with E-state index < -0.39 is 0 Å². The first-order chi connectivity index (χ1) is 10.8. The van der Waals surface area contributed by atoms with Crippen molar-refractivity contribution in [2.45, 2.75) is 13.3 Å². The second-order valence-corrected chi connectivity index (χ2v) is 5.94. The van der Waals surface area contributed by atoms with Crippen LogP contribution in [0.3, 0.4) is 0 Å². The van der Waals surface area contributed by atoms with Crippen molar-refractivity contribution in [1.29, 1.82) is 0 Å². The molecular formula is C18H21N3O. The van der Waals surface area contributed by atoms with E-state index in [-0.39, 0.29) is 0 Å². The number of hydrogen-bond acceptors (Lipinski definition) is 4. The largest absolute Gasteiger partial charge is 0.378 e. The molecule has 0 spiro atoms. The molecule has 1 aromatic heterocycles. The SMILES string of the molecule is Cc1cc(N2CCOCC2)nc2c1CCN2c1ccccc1. The number of aromatic nitrogens is 1. The number of hydrogen-bond donors (Lipinski definition) is 0. The molecule has 3 heterocycles. The van der Waals surface area contributed by atoms with Gasteiger partial charge in [-0.05, 0) is 42.7 Å². The third-order valence-electron chi connectivity index (χ3n) is 4.56. The minimum Gasteiger partial charge on any atom is -0.378 e. The standard InChI is InChI=1S/C18H21N3O/c1-14-13-17(20-9-11-22-12-10-20)19-18-16(14)7-8-21(18)15-5-3-2-4-6-15/h2-6,13H,7-12H2,1H3.